The molecule has 2 aromatic heterocycles. The van der Waals surface area contributed by atoms with Crippen molar-refractivity contribution < 1.29 is 9.53 Å². The fraction of sp³-hybridized carbons (Fsp3) is 0.391. The summed E-state index contributed by atoms with van der Waals surface area (Å²) in [4.78, 5) is 28.1. The average molecular weight is 468 g/mol. The molecule has 1 spiro atoms. The molecule has 2 aliphatic heterocycles. The van der Waals surface area contributed by atoms with Crippen LogP contribution in [0.3, 0.4) is 0 Å². The fourth-order valence-corrected chi connectivity index (χ4v) is 4.73. The summed E-state index contributed by atoms with van der Waals surface area (Å²) in [6.07, 6.45) is 5.38. The second-order valence-electron chi connectivity index (χ2n) is 8.92. The summed E-state index contributed by atoms with van der Waals surface area (Å²) >= 11 is 5.98. The van der Waals surface area contributed by atoms with Gasteiger partial charge in [0.15, 0.2) is 0 Å². The molecule has 0 aliphatic carbocycles. The van der Waals surface area contributed by atoms with Gasteiger partial charge in [-0.2, -0.15) is 4.98 Å². The van der Waals surface area contributed by atoms with Crippen LogP contribution in [-0.2, 0) is 4.74 Å². The predicted octanol–water partition coefficient (Wildman–Crippen LogP) is 3.81. The molecule has 2 amide bonds. The Kier molecular flexibility index (Phi) is 5.46. The molecule has 0 radical (unpaired) electrons. The van der Waals surface area contributed by atoms with E-state index >= 15 is 0 Å². The normalized spacial score (nSPS) is 20.1. The molecule has 1 aromatic carbocycles. The van der Waals surface area contributed by atoms with Crippen molar-refractivity contribution in [3.05, 3.63) is 59.8 Å². The molecule has 2 fully saturated rings. The van der Waals surface area contributed by atoms with E-state index in [0.717, 1.165) is 11.4 Å². The molecule has 9 nitrogen and oxygen atoms in total. The van der Waals surface area contributed by atoms with Crippen molar-refractivity contribution in [3.63, 3.8) is 0 Å². The number of rotatable bonds is 6. The molecule has 3 aromatic rings. The first-order valence-corrected chi connectivity index (χ1v) is 11.3. The highest BCUT2D eigenvalue weighted by Gasteiger charge is 2.57. The largest absolute Gasteiger partial charge is 0.376 e. The number of hydrogen-bond acceptors (Lipinski definition) is 6. The van der Waals surface area contributed by atoms with Crippen LogP contribution in [-0.4, -0.2) is 50.3 Å². The Balaban J connectivity index is 1.35. The van der Waals surface area contributed by atoms with Crippen LogP contribution >= 0.6 is 11.6 Å². The van der Waals surface area contributed by atoms with Gasteiger partial charge in [-0.25, -0.2) is 14.8 Å². The van der Waals surface area contributed by atoms with Gasteiger partial charge in [-0.3, -0.25) is 4.90 Å². The number of nitrogens with zero attached hydrogens (tertiary/aromatic N) is 5. The second kappa shape index (κ2) is 8.31. The van der Waals surface area contributed by atoms with Crippen LogP contribution in [0.4, 0.5) is 16.6 Å². The molecule has 172 valence electrons. The van der Waals surface area contributed by atoms with Gasteiger partial charge in [0.05, 0.1) is 37.3 Å². The van der Waals surface area contributed by atoms with Crippen molar-refractivity contribution in [3.8, 4) is 5.69 Å². The molecule has 5 rings (SSSR count). The molecular formula is C23H26ClN7O2. The molecule has 33 heavy (non-hydrogen) atoms. The standard InChI is InChI=1S/C23H26ClN7O2/c1-14(2)20-23(11-33-12-23)29-22(32)31(20)19-8-9-25-21(28-19)27-15(3)18-10-30(13-26-18)17-6-4-16(24)5-7-17/h4-10,13-15,20H,11-12H2,1-3H3,(H,29,32)(H,25,27,28)/t15-,20?/m0/s1. The number of imidazole rings is 1. The smallest absolute Gasteiger partial charge is 0.324 e. The highest BCUT2D eigenvalue weighted by Crippen LogP contribution is 2.37. The average Bonchev–Trinajstić information content (AvgIpc) is 3.37. The topological polar surface area (TPSA) is 97.2 Å². The van der Waals surface area contributed by atoms with Crippen LogP contribution in [0.2, 0.25) is 5.02 Å². The Bertz CT molecular complexity index is 1160. The number of urea groups is 1. The molecule has 0 bridgehead atoms. The van der Waals surface area contributed by atoms with Gasteiger partial charge in [0.1, 0.15) is 11.4 Å². The third-order valence-electron chi connectivity index (χ3n) is 6.17. The Morgan fingerprint density at radius 3 is 2.61 bits per heavy atom. The van der Waals surface area contributed by atoms with Crippen LogP contribution in [0.1, 0.15) is 32.5 Å². The van der Waals surface area contributed by atoms with E-state index in [-0.39, 0.29) is 29.6 Å². The van der Waals surface area contributed by atoms with Gasteiger partial charge in [0.2, 0.25) is 5.95 Å². The number of anilines is 2. The van der Waals surface area contributed by atoms with Crippen molar-refractivity contribution in [2.75, 3.05) is 23.4 Å². The van der Waals surface area contributed by atoms with E-state index in [1.807, 2.05) is 42.0 Å². The fourth-order valence-electron chi connectivity index (χ4n) is 4.60. The second-order valence-corrected chi connectivity index (χ2v) is 9.36. The van der Waals surface area contributed by atoms with Gasteiger partial charge in [-0.1, -0.05) is 25.4 Å². The van der Waals surface area contributed by atoms with Gasteiger partial charge < -0.3 is 19.9 Å². The lowest BCUT2D eigenvalue weighted by atomic mass is 9.82. The van der Waals surface area contributed by atoms with Crippen molar-refractivity contribution >= 4 is 29.4 Å². The van der Waals surface area contributed by atoms with Crippen molar-refractivity contribution in [2.45, 2.75) is 38.4 Å². The van der Waals surface area contributed by atoms with Crippen molar-refractivity contribution in [1.82, 2.24) is 24.8 Å². The SMILES string of the molecule is CC(C)C1N(c2ccnc(N[C@@H](C)c3cn(-c4ccc(Cl)cc4)cn3)n2)C(=O)NC12COC2. The minimum atomic E-state index is -0.356. The lowest BCUT2D eigenvalue weighted by Crippen LogP contribution is -2.65. The summed E-state index contributed by atoms with van der Waals surface area (Å²) in [5.41, 5.74) is 1.45. The molecule has 4 heterocycles. The van der Waals surface area contributed by atoms with Gasteiger partial charge in [-0.15, -0.1) is 0 Å². The summed E-state index contributed by atoms with van der Waals surface area (Å²) in [7, 11) is 0. The molecule has 1 unspecified atom stereocenters. The minimum absolute atomic E-state index is 0.0472. The highest BCUT2D eigenvalue weighted by molar-refractivity contribution is 6.30. The number of carbonyl (C=O) groups excluding carboxylic acids is 1. The Morgan fingerprint density at radius 1 is 1.18 bits per heavy atom. The van der Waals surface area contributed by atoms with E-state index in [0.29, 0.717) is 30.0 Å². The number of hydrogen-bond donors (Lipinski definition) is 2. The highest BCUT2D eigenvalue weighted by atomic mass is 35.5. The Morgan fingerprint density at radius 2 is 1.94 bits per heavy atom. The zero-order valence-electron chi connectivity index (χ0n) is 18.7. The maximum Gasteiger partial charge on any atom is 0.324 e. The minimum Gasteiger partial charge on any atom is -0.376 e. The number of aromatic nitrogens is 4. The van der Waals surface area contributed by atoms with E-state index < -0.39 is 0 Å². The number of carbonyl (C=O) groups is 1. The Labute approximate surface area is 197 Å². The van der Waals surface area contributed by atoms with E-state index in [9.17, 15) is 4.79 Å². The molecule has 10 heteroatoms. The van der Waals surface area contributed by atoms with Gasteiger partial charge >= 0.3 is 6.03 Å². The first kappa shape index (κ1) is 21.7. The first-order chi connectivity index (χ1) is 15.9. The van der Waals surface area contributed by atoms with E-state index in [1.165, 1.54) is 0 Å². The van der Waals surface area contributed by atoms with Crippen LogP contribution in [0.5, 0.6) is 0 Å². The lowest BCUT2D eigenvalue weighted by molar-refractivity contribution is -0.0757. The van der Waals surface area contributed by atoms with Gasteiger partial charge in [0.25, 0.3) is 0 Å². The van der Waals surface area contributed by atoms with E-state index in [1.54, 1.807) is 23.5 Å². The Hall–Kier alpha value is -3.17. The van der Waals surface area contributed by atoms with E-state index in [2.05, 4.69) is 39.4 Å². The first-order valence-electron chi connectivity index (χ1n) is 10.9. The number of amides is 2. The van der Waals surface area contributed by atoms with Gasteiger partial charge in [0, 0.05) is 23.1 Å². The number of ether oxygens (including phenoxy) is 1. The third kappa shape index (κ3) is 3.91. The molecule has 2 aliphatic rings. The monoisotopic (exact) mass is 467 g/mol. The number of halogens is 1. The molecule has 2 N–H and O–H groups in total. The quantitative estimate of drug-likeness (QED) is 0.572. The van der Waals surface area contributed by atoms with Crippen LogP contribution in [0.15, 0.2) is 49.1 Å². The lowest BCUT2D eigenvalue weighted by Gasteiger charge is -2.44. The summed E-state index contributed by atoms with van der Waals surface area (Å²) in [5.74, 6) is 1.23. The summed E-state index contributed by atoms with van der Waals surface area (Å²) < 4.78 is 7.37. The number of nitrogens with one attached hydrogen (secondary N) is 2. The maximum atomic E-state index is 12.9. The summed E-state index contributed by atoms with van der Waals surface area (Å²) in [6, 6.07) is 8.97. The van der Waals surface area contributed by atoms with Crippen LogP contribution in [0.25, 0.3) is 5.69 Å². The van der Waals surface area contributed by atoms with Crippen LogP contribution < -0.4 is 15.5 Å². The van der Waals surface area contributed by atoms with Crippen LogP contribution in [0, 0.1) is 5.92 Å². The predicted molar refractivity (Wildman–Crippen MR) is 126 cm³/mol. The van der Waals surface area contributed by atoms with E-state index in [4.69, 9.17) is 16.3 Å². The number of benzene rings is 1. The van der Waals surface area contributed by atoms with Crippen molar-refractivity contribution in [1.29, 1.82) is 0 Å². The maximum absolute atomic E-state index is 12.9. The molecule has 2 atom stereocenters. The van der Waals surface area contributed by atoms with Crippen molar-refractivity contribution in [2.24, 2.45) is 5.92 Å². The molecule has 2 saturated heterocycles. The van der Waals surface area contributed by atoms with Gasteiger partial charge in [-0.05, 0) is 43.2 Å². The zero-order valence-corrected chi connectivity index (χ0v) is 19.5. The third-order valence-corrected chi connectivity index (χ3v) is 6.43. The molecule has 0 saturated carbocycles. The summed E-state index contributed by atoms with van der Waals surface area (Å²) in [5, 5.41) is 7.10. The zero-order chi connectivity index (χ0) is 23.2. The molecular weight excluding hydrogens is 442 g/mol. The summed E-state index contributed by atoms with van der Waals surface area (Å²) in [6.45, 7) is 7.24.